The topological polar surface area (TPSA) is 66.4 Å². The fourth-order valence-corrected chi connectivity index (χ4v) is 1.64. The monoisotopic (exact) mass is 249 g/mol. The Morgan fingerprint density at radius 2 is 1.83 bits per heavy atom. The van der Waals surface area contributed by atoms with Gasteiger partial charge in [0.2, 0.25) is 5.91 Å². The number of hydrogen-bond acceptors (Lipinski definition) is 2. The summed E-state index contributed by atoms with van der Waals surface area (Å²) in [4.78, 5) is 22.7. The Morgan fingerprint density at radius 1 is 1.28 bits per heavy atom. The van der Waals surface area contributed by atoms with Gasteiger partial charge in [0.25, 0.3) is 0 Å². The van der Waals surface area contributed by atoms with Gasteiger partial charge in [-0.2, -0.15) is 0 Å². The molecule has 18 heavy (non-hydrogen) atoms. The van der Waals surface area contributed by atoms with Crippen LogP contribution < -0.4 is 5.32 Å². The average molecular weight is 249 g/mol. The van der Waals surface area contributed by atoms with Crippen molar-refractivity contribution < 1.29 is 14.7 Å². The number of carboxylic acid groups (broad SMARTS) is 1. The standard InChI is InChI=1S/C14H19NO3/c1-10(12(16)17)15-13(18)14(2,3)9-11-7-5-4-6-8-11/h4-8,10H,9H2,1-3H3,(H,15,18)(H,16,17)/t10-/m0/s1. The van der Waals surface area contributed by atoms with Crippen LogP contribution >= 0.6 is 0 Å². The highest BCUT2D eigenvalue weighted by Crippen LogP contribution is 2.22. The van der Waals surface area contributed by atoms with Crippen molar-refractivity contribution >= 4 is 11.9 Å². The third-order valence-corrected chi connectivity index (χ3v) is 2.82. The minimum Gasteiger partial charge on any atom is -0.480 e. The molecule has 0 aliphatic rings. The second kappa shape index (κ2) is 5.67. The zero-order valence-corrected chi connectivity index (χ0v) is 10.9. The van der Waals surface area contributed by atoms with Crippen molar-refractivity contribution in [3.8, 4) is 0 Å². The maximum Gasteiger partial charge on any atom is 0.325 e. The second-order valence-electron chi connectivity index (χ2n) is 5.08. The maximum atomic E-state index is 12.0. The number of carbonyl (C=O) groups excluding carboxylic acids is 1. The summed E-state index contributed by atoms with van der Waals surface area (Å²) in [7, 11) is 0. The van der Waals surface area contributed by atoms with Crippen molar-refractivity contribution in [3.63, 3.8) is 0 Å². The minimum atomic E-state index is -1.03. The minimum absolute atomic E-state index is 0.249. The quantitative estimate of drug-likeness (QED) is 0.836. The zero-order valence-electron chi connectivity index (χ0n) is 10.9. The lowest BCUT2D eigenvalue weighted by Crippen LogP contribution is -2.45. The van der Waals surface area contributed by atoms with E-state index in [0.717, 1.165) is 5.56 Å². The van der Waals surface area contributed by atoms with Gasteiger partial charge in [-0.15, -0.1) is 0 Å². The second-order valence-corrected chi connectivity index (χ2v) is 5.08. The first kappa shape index (κ1) is 14.2. The Balaban J connectivity index is 2.68. The first-order chi connectivity index (χ1) is 8.33. The van der Waals surface area contributed by atoms with Gasteiger partial charge in [0, 0.05) is 5.41 Å². The van der Waals surface area contributed by atoms with Gasteiger partial charge in [-0.3, -0.25) is 9.59 Å². The molecule has 4 nitrogen and oxygen atoms in total. The van der Waals surface area contributed by atoms with E-state index in [2.05, 4.69) is 5.32 Å². The summed E-state index contributed by atoms with van der Waals surface area (Å²) >= 11 is 0. The van der Waals surface area contributed by atoms with Gasteiger partial charge in [-0.05, 0) is 18.9 Å². The average Bonchev–Trinajstić information content (AvgIpc) is 2.29. The molecular weight excluding hydrogens is 230 g/mol. The highest BCUT2D eigenvalue weighted by atomic mass is 16.4. The lowest BCUT2D eigenvalue weighted by Gasteiger charge is -2.25. The predicted octanol–water partition coefficient (Wildman–Crippen LogP) is 1.84. The third-order valence-electron chi connectivity index (χ3n) is 2.82. The lowest BCUT2D eigenvalue weighted by atomic mass is 9.84. The van der Waals surface area contributed by atoms with Crippen molar-refractivity contribution in [2.24, 2.45) is 5.41 Å². The van der Waals surface area contributed by atoms with Gasteiger partial charge < -0.3 is 10.4 Å². The molecule has 0 saturated heterocycles. The van der Waals surface area contributed by atoms with Gasteiger partial charge in [-0.1, -0.05) is 44.2 Å². The van der Waals surface area contributed by atoms with Gasteiger partial charge in [-0.25, -0.2) is 0 Å². The van der Waals surface area contributed by atoms with Crippen LogP contribution in [0, 0.1) is 5.41 Å². The fourth-order valence-electron chi connectivity index (χ4n) is 1.64. The Bertz CT molecular complexity index is 426. The van der Waals surface area contributed by atoms with E-state index in [1.165, 1.54) is 6.92 Å². The lowest BCUT2D eigenvalue weighted by molar-refractivity contribution is -0.142. The van der Waals surface area contributed by atoms with Crippen molar-refractivity contribution in [1.29, 1.82) is 0 Å². The van der Waals surface area contributed by atoms with Crippen molar-refractivity contribution in [2.45, 2.75) is 33.2 Å². The van der Waals surface area contributed by atoms with Gasteiger partial charge in [0.1, 0.15) is 6.04 Å². The van der Waals surface area contributed by atoms with Crippen LogP contribution in [0.5, 0.6) is 0 Å². The van der Waals surface area contributed by atoms with Crippen LogP contribution in [0.2, 0.25) is 0 Å². The molecule has 0 unspecified atom stereocenters. The van der Waals surface area contributed by atoms with E-state index in [-0.39, 0.29) is 5.91 Å². The third kappa shape index (κ3) is 3.87. The molecule has 0 bridgehead atoms. The van der Waals surface area contributed by atoms with E-state index in [4.69, 9.17) is 5.11 Å². The van der Waals surface area contributed by atoms with Crippen molar-refractivity contribution in [2.75, 3.05) is 0 Å². The van der Waals surface area contributed by atoms with Crippen LogP contribution in [0.1, 0.15) is 26.3 Å². The van der Waals surface area contributed by atoms with Crippen LogP contribution in [0.4, 0.5) is 0 Å². The molecule has 4 heteroatoms. The number of benzene rings is 1. The zero-order chi connectivity index (χ0) is 13.8. The molecule has 0 heterocycles. The summed E-state index contributed by atoms with van der Waals surface area (Å²) in [6.45, 7) is 5.08. The van der Waals surface area contributed by atoms with Crippen LogP contribution in [-0.4, -0.2) is 23.0 Å². The van der Waals surface area contributed by atoms with Crippen molar-refractivity contribution in [1.82, 2.24) is 5.32 Å². The molecule has 0 saturated carbocycles. The van der Waals surface area contributed by atoms with Gasteiger partial charge in [0.15, 0.2) is 0 Å². The fraction of sp³-hybridized carbons (Fsp3) is 0.429. The molecule has 1 rings (SSSR count). The van der Waals surface area contributed by atoms with Crippen LogP contribution in [0.25, 0.3) is 0 Å². The highest BCUT2D eigenvalue weighted by Gasteiger charge is 2.29. The Hall–Kier alpha value is -1.84. The van der Waals surface area contributed by atoms with Gasteiger partial charge >= 0.3 is 5.97 Å². The number of carbonyl (C=O) groups is 2. The molecular formula is C14H19NO3. The molecule has 1 aromatic carbocycles. The molecule has 98 valence electrons. The molecule has 0 radical (unpaired) electrons. The molecule has 1 atom stereocenters. The first-order valence-corrected chi connectivity index (χ1v) is 5.90. The molecule has 0 fully saturated rings. The molecule has 0 spiro atoms. The molecule has 0 aliphatic carbocycles. The van der Waals surface area contributed by atoms with E-state index >= 15 is 0 Å². The highest BCUT2D eigenvalue weighted by molar-refractivity contribution is 5.86. The van der Waals surface area contributed by atoms with E-state index in [1.54, 1.807) is 0 Å². The Labute approximate surface area is 107 Å². The number of nitrogens with one attached hydrogen (secondary N) is 1. The Morgan fingerprint density at radius 3 is 2.33 bits per heavy atom. The number of hydrogen-bond donors (Lipinski definition) is 2. The normalized spacial score (nSPS) is 12.8. The predicted molar refractivity (Wildman–Crippen MR) is 69.2 cm³/mol. The van der Waals surface area contributed by atoms with E-state index in [0.29, 0.717) is 6.42 Å². The van der Waals surface area contributed by atoms with E-state index < -0.39 is 17.4 Å². The smallest absolute Gasteiger partial charge is 0.325 e. The van der Waals surface area contributed by atoms with Crippen LogP contribution in [-0.2, 0) is 16.0 Å². The Kier molecular flexibility index (Phi) is 4.48. The summed E-state index contributed by atoms with van der Waals surface area (Å²) in [6, 6.07) is 8.80. The number of carboxylic acids is 1. The molecule has 0 aromatic heterocycles. The maximum absolute atomic E-state index is 12.0. The summed E-state index contributed by atoms with van der Waals surface area (Å²) < 4.78 is 0. The van der Waals surface area contributed by atoms with Crippen molar-refractivity contribution in [3.05, 3.63) is 35.9 Å². The van der Waals surface area contributed by atoms with E-state index in [1.807, 2.05) is 44.2 Å². The number of aliphatic carboxylic acids is 1. The number of amides is 1. The molecule has 2 N–H and O–H groups in total. The SMILES string of the molecule is C[C@H](NC(=O)C(C)(C)Cc1ccccc1)C(=O)O. The van der Waals surface area contributed by atoms with E-state index in [9.17, 15) is 9.59 Å². The summed E-state index contributed by atoms with van der Waals surface area (Å²) in [5.41, 5.74) is 0.422. The molecule has 1 aromatic rings. The first-order valence-electron chi connectivity index (χ1n) is 5.90. The molecule has 1 amide bonds. The van der Waals surface area contributed by atoms with Crippen LogP contribution in [0.3, 0.4) is 0 Å². The van der Waals surface area contributed by atoms with Crippen LogP contribution in [0.15, 0.2) is 30.3 Å². The number of rotatable bonds is 5. The largest absolute Gasteiger partial charge is 0.480 e. The summed E-state index contributed by atoms with van der Waals surface area (Å²) in [6.07, 6.45) is 0.575. The summed E-state index contributed by atoms with van der Waals surface area (Å²) in [5.74, 6) is -1.28. The molecule has 0 aliphatic heterocycles. The summed E-state index contributed by atoms with van der Waals surface area (Å²) in [5, 5.41) is 11.3. The van der Waals surface area contributed by atoms with Gasteiger partial charge in [0.05, 0.1) is 0 Å².